The summed E-state index contributed by atoms with van der Waals surface area (Å²) in [6, 6.07) is 13.2. The van der Waals surface area contributed by atoms with Gasteiger partial charge in [0.25, 0.3) is 0 Å². The van der Waals surface area contributed by atoms with Gasteiger partial charge < -0.3 is 4.74 Å². The maximum absolute atomic E-state index is 12.4. The third-order valence-electron chi connectivity index (χ3n) is 3.18. The number of para-hydroxylation sites is 1. The van der Waals surface area contributed by atoms with Gasteiger partial charge in [0, 0.05) is 16.3 Å². The lowest BCUT2D eigenvalue weighted by Gasteiger charge is -2.19. The van der Waals surface area contributed by atoms with Crippen molar-refractivity contribution >= 4 is 64.0 Å². The number of benzene rings is 2. The topological polar surface area (TPSA) is 55.4 Å². The minimum atomic E-state index is -1.09. The van der Waals surface area contributed by atoms with Gasteiger partial charge in [-0.25, -0.2) is 4.79 Å². The quantitative estimate of drug-likeness (QED) is 0.461. The van der Waals surface area contributed by atoms with Crippen LogP contribution in [0.2, 0.25) is 10.0 Å². The van der Waals surface area contributed by atoms with Crippen molar-refractivity contribution in [3.8, 4) is 0 Å². The van der Waals surface area contributed by atoms with Gasteiger partial charge in [0.15, 0.2) is 5.78 Å². The van der Waals surface area contributed by atoms with E-state index in [0.717, 1.165) is 0 Å². The molecule has 0 aliphatic carbocycles. The highest BCUT2D eigenvalue weighted by molar-refractivity contribution is 6.45. The van der Waals surface area contributed by atoms with Crippen LogP contribution < -0.4 is 5.32 Å². The summed E-state index contributed by atoms with van der Waals surface area (Å²) in [6.07, 6.45) is -2.02. The number of alkyl halides is 2. The molecular formula is C17H13Cl4NO3. The van der Waals surface area contributed by atoms with Crippen LogP contribution >= 0.6 is 46.4 Å². The number of amides is 1. The van der Waals surface area contributed by atoms with E-state index in [1.54, 1.807) is 30.3 Å². The second kappa shape index (κ2) is 9.30. The number of ether oxygens (including phenoxy) is 1. The van der Waals surface area contributed by atoms with Crippen LogP contribution in [-0.2, 0) is 4.74 Å². The Balaban J connectivity index is 2.02. The van der Waals surface area contributed by atoms with Gasteiger partial charge >= 0.3 is 6.09 Å². The molecule has 2 aromatic rings. The molecule has 1 amide bonds. The first-order chi connectivity index (χ1) is 11.9. The average molecular weight is 421 g/mol. The summed E-state index contributed by atoms with van der Waals surface area (Å²) in [5.74, 6) is -0.370. The lowest BCUT2D eigenvalue weighted by atomic mass is 10.1. The van der Waals surface area contributed by atoms with Crippen LogP contribution in [0.1, 0.15) is 16.8 Å². The molecule has 132 valence electrons. The van der Waals surface area contributed by atoms with E-state index in [-0.39, 0.29) is 22.8 Å². The van der Waals surface area contributed by atoms with Gasteiger partial charge in [0.2, 0.25) is 0 Å². The van der Waals surface area contributed by atoms with Crippen LogP contribution in [0.25, 0.3) is 0 Å². The van der Waals surface area contributed by atoms with Gasteiger partial charge in [-0.1, -0.05) is 41.4 Å². The van der Waals surface area contributed by atoms with Gasteiger partial charge in [0.05, 0.1) is 11.4 Å². The minimum Gasteiger partial charge on any atom is -0.443 e. The molecule has 0 radical (unpaired) electrons. The fourth-order valence-corrected chi connectivity index (χ4v) is 2.79. The van der Waals surface area contributed by atoms with Crippen LogP contribution in [0.15, 0.2) is 48.5 Å². The molecule has 0 fully saturated rings. The molecule has 1 atom stereocenters. The molecule has 4 nitrogen and oxygen atoms in total. The van der Waals surface area contributed by atoms with Crippen LogP contribution in [0.4, 0.5) is 10.5 Å². The van der Waals surface area contributed by atoms with Crippen molar-refractivity contribution in [1.29, 1.82) is 0 Å². The van der Waals surface area contributed by atoms with Crippen LogP contribution in [0.3, 0.4) is 0 Å². The summed E-state index contributed by atoms with van der Waals surface area (Å²) in [6.45, 7) is 0. The van der Waals surface area contributed by atoms with E-state index in [0.29, 0.717) is 10.7 Å². The first-order valence-corrected chi connectivity index (χ1v) is 8.79. The van der Waals surface area contributed by atoms with Crippen molar-refractivity contribution in [2.24, 2.45) is 0 Å². The normalized spacial score (nSPS) is 11.9. The molecule has 1 N–H and O–H groups in total. The van der Waals surface area contributed by atoms with Crippen LogP contribution in [0.5, 0.6) is 0 Å². The minimum absolute atomic E-state index is 0.200. The second-order valence-electron chi connectivity index (χ2n) is 5.02. The second-order valence-corrected chi connectivity index (χ2v) is 7.03. The zero-order valence-electron chi connectivity index (χ0n) is 12.7. The zero-order chi connectivity index (χ0) is 18.4. The standard InChI is InChI=1S/C17H13Cl4NO3/c18-10-6-7-12(13(19)8-10)14(23)9-15(16(20)21)25-17(24)22-11-4-2-1-3-5-11/h1-8,15-16H,9H2,(H,22,24)/t15-/m0/s1. The van der Waals surface area contributed by atoms with Gasteiger partial charge in [-0.3, -0.25) is 10.1 Å². The Labute approximate surface area is 165 Å². The molecule has 0 aromatic heterocycles. The summed E-state index contributed by atoms with van der Waals surface area (Å²) in [5, 5.41) is 3.13. The van der Waals surface area contributed by atoms with Crippen molar-refractivity contribution in [2.75, 3.05) is 5.32 Å². The zero-order valence-corrected chi connectivity index (χ0v) is 15.7. The first kappa shape index (κ1) is 19.9. The Morgan fingerprint density at radius 1 is 1.04 bits per heavy atom. The molecule has 25 heavy (non-hydrogen) atoms. The number of hydrogen-bond donors (Lipinski definition) is 1. The summed E-state index contributed by atoms with van der Waals surface area (Å²) < 4.78 is 5.17. The van der Waals surface area contributed by atoms with E-state index in [1.807, 2.05) is 0 Å². The monoisotopic (exact) mass is 419 g/mol. The number of Topliss-reactive ketones (excluding diaryl/α,β-unsaturated/α-hetero) is 1. The van der Waals surface area contributed by atoms with Crippen molar-refractivity contribution in [2.45, 2.75) is 17.4 Å². The maximum Gasteiger partial charge on any atom is 0.412 e. The molecule has 0 saturated carbocycles. The predicted octanol–water partition coefficient (Wildman–Crippen LogP) is 5.99. The van der Waals surface area contributed by atoms with Crippen LogP contribution in [-0.4, -0.2) is 22.8 Å². The number of ketones is 1. The van der Waals surface area contributed by atoms with Crippen LogP contribution in [0, 0.1) is 0 Å². The number of carbonyl (C=O) groups is 2. The highest BCUT2D eigenvalue weighted by Crippen LogP contribution is 2.25. The first-order valence-electron chi connectivity index (χ1n) is 7.16. The molecule has 0 spiro atoms. The summed E-state index contributed by atoms with van der Waals surface area (Å²) >= 11 is 23.5. The summed E-state index contributed by atoms with van der Waals surface area (Å²) in [7, 11) is 0. The van der Waals surface area contributed by atoms with E-state index in [9.17, 15) is 9.59 Å². The molecular weight excluding hydrogens is 408 g/mol. The third kappa shape index (κ3) is 6.08. The van der Waals surface area contributed by atoms with Crippen molar-refractivity contribution < 1.29 is 14.3 Å². The lowest BCUT2D eigenvalue weighted by Crippen LogP contribution is -2.29. The Morgan fingerprint density at radius 2 is 1.72 bits per heavy atom. The lowest BCUT2D eigenvalue weighted by molar-refractivity contribution is 0.0832. The number of carbonyl (C=O) groups excluding carboxylic acids is 2. The Bertz CT molecular complexity index is 753. The Kier molecular flexibility index (Phi) is 7.38. The predicted molar refractivity (Wildman–Crippen MR) is 101 cm³/mol. The smallest absolute Gasteiger partial charge is 0.412 e. The molecule has 0 heterocycles. The van der Waals surface area contributed by atoms with Gasteiger partial charge in [-0.2, -0.15) is 0 Å². The summed E-state index contributed by atoms with van der Waals surface area (Å²) in [5.41, 5.74) is 0.788. The molecule has 0 aliphatic heterocycles. The number of nitrogens with one attached hydrogen (secondary N) is 1. The number of anilines is 1. The van der Waals surface area contributed by atoms with Crippen molar-refractivity contribution in [3.63, 3.8) is 0 Å². The molecule has 0 bridgehead atoms. The molecule has 0 saturated heterocycles. The molecule has 0 aliphatic rings. The fraction of sp³-hybridized carbons (Fsp3) is 0.176. The van der Waals surface area contributed by atoms with E-state index in [4.69, 9.17) is 51.1 Å². The van der Waals surface area contributed by atoms with E-state index < -0.39 is 17.0 Å². The number of hydrogen-bond acceptors (Lipinski definition) is 3. The van der Waals surface area contributed by atoms with Gasteiger partial charge in [0.1, 0.15) is 10.9 Å². The van der Waals surface area contributed by atoms with E-state index >= 15 is 0 Å². The maximum atomic E-state index is 12.4. The Hall–Kier alpha value is -1.46. The molecule has 2 aromatic carbocycles. The SMILES string of the molecule is O=C(Nc1ccccc1)O[C@@H](CC(=O)c1ccc(Cl)cc1Cl)C(Cl)Cl. The van der Waals surface area contributed by atoms with Gasteiger partial charge in [-0.15, -0.1) is 23.2 Å². The van der Waals surface area contributed by atoms with Crippen molar-refractivity contribution in [1.82, 2.24) is 0 Å². The fourth-order valence-electron chi connectivity index (χ4n) is 2.00. The highest BCUT2D eigenvalue weighted by atomic mass is 35.5. The molecule has 2 rings (SSSR count). The molecule has 0 unspecified atom stereocenters. The van der Waals surface area contributed by atoms with Gasteiger partial charge in [-0.05, 0) is 30.3 Å². The third-order valence-corrected chi connectivity index (χ3v) is 4.29. The number of halogens is 4. The van der Waals surface area contributed by atoms with E-state index in [2.05, 4.69) is 5.32 Å². The van der Waals surface area contributed by atoms with Crippen molar-refractivity contribution in [3.05, 3.63) is 64.1 Å². The highest BCUT2D eigenvalue weighted by Gasteiger charge is 2.26. The number of rotatable bonds is 6. The summed E-state index contributed by atoms with van der Waals surface area (Å²) in [4.78, 5) is 23.2. The molecule has 8 heteroatoms. The largest absolute Gasteiger partial charge is 0.443 e. The average Bonchev–Trinajstić information content (AvgIpc) is 2.54. The Morgan fingerprint density at radius 3 is 2.32 bits per heavy atom. The van der Waals surface area contributed by atoms with E-state index in [1.165, 1.54) is 18.2 Å².